The van der Waals surface area contributed by atoms with E-state index in [1.165, 1.54) is 12.8 Å². The van der Waals surface area contributed by atoms with E-state index in [-0.39, 0.29) is 11.8 Å². The van der Waals surface area contributed by atoms with E-state index in [9.17, 15) is 4.79 Å². The van der Waals surface area contributed by atoms with Crippen molar-refractivity contribution in [1.82, 2.24) is 5.32 Å². The van der Waals surface area contributed by atoms with Crippen molar-refractivity contribution < 1.29 is 4.79 Å². The minimum absolute atomic E-state index is 0.177. The van der Waals surface area contributed by atoms with Crippen LogP contribution < -0.4 is 5.32 Å². The number of carbonyl (C=O) groups excluding carboxylic acids is 1. The quantitative estimate of drug-likeness (QED) is 0.529. The van der Waals surface area contributed by atoms with Gasteiger partial charge in [-0.15, -0.1) is 0 Å². The Balaban J connectivity index is 3.34. The molecule has 0 radical (unpaired) electrons. The molecule has 1 atom stereocenters. The van der Waals surface area contributed by atoms with Gasteiger partial charge in [0.25, 0.3) is 0 Å². The smallest absolute Gasteiger partial charge is 0.222 e. The van der Waals surface area contributed by atoms with Gasteiger partial charge in [0.2, 0.25) is 5.91 Å². The Morgan fingerprint density at radius 3 is 2.64 bits per heavy atom. The standard InChI is InChI=1S/C11H22BrNO/c1-3-7-10(2)11(14)13-9-6-4-5-8-12/h10H,3-9H2,1-2H3,(H,13,14). The van der Waals surface area contributed by atoms with Crippen molar-refractivity contribution in [3.8, 4) is 0 Å². The highest BCUT2D eigenvalue weighted by Crippen LogP contribution is 2.04. The van der Waals surface area contributed by atoms with Crippen molar-refractivity contribution in [2.75, 3.05) is 11.9 Å². The molecule has 1 N–H and O–H groups in total. The van der Waals surface area contributed by atoms with Gasteiger partial charge in [-0.3, -0.25) is 4.79 Å². The summed E-state index contributed by atoms with van der Waals surface area (Å²) >= 11 is 3.39. The van der Waals surface area contributed by atoms with Crippen molar-refractivity contribution in [2.45, 2.75) is 46.0 Å². The van der Waals surface area contributed by atoms with Gasteiger partial charge in [-0.2, -0.15) is 0 Å². The van der Waals surface area contributed by atoms with Crippen LogP contribution in [0.5, 0.6) is 0 Å². The fourth-order valence-corrected chi connectivity index (χ4v) is 1.74. The average Bonchev–Trinajstić information content (AvgIpc) is 2.17. The summed E-state index contributed by atoms with van der Waals surface area (Å²) in [6, 6.07) is 0. The zero-order valence-electron chi connectivity index (χ0n) is 9.31. The monoisotopic (exact) mass is 263 g/mol. The van der Waals surface area contributed by atoms with Gasteiger partial charge < -0.3 is 5.32 Å². The van der Waals surface area contributed by atoms with Crippen LogP contribution in [0.1, 0.15) is 46.0 Å². The lowest BCUT2D eigenvalue weighted by atomic mass is 10.1. The van der Waals surface area contributed by atoms with E-state index < -0.39 is 0 Å². The fraction of sp³-hybridized carbons (Fsp3) is 0.909. The third-order valence-corrected chi connectivity index (χ3v) is 2.84. The van der Waals surface area contributed by atoms with Crippen molar-refractivity contribution in [3.63, 3.8) is 0 Å². The molecule has 0 rings (SSSR count). The Morgan fingerprint density at radius 1 is 1.36 bits per heavy atom. The molecule has 0 heterocycles. The summed E-state index contributed by atoms with van der Waals surface area (Å²) < 4.78 is 0. The zero-order valence-corrected chi connectivity index (χ0v) is 10.9. The molecule has 0 aliphatic carbocycles. The molecule has 0 saturated carbocycles. The second kappa shape index (κ2) is 9.50. The van der Waals surface area contributed by atoms with E-state index in [4.69, 9.17) is 0 Å². The highest BCUT2D eigenvalue weighted by atomic mass is 79.9. The molecule has 14 heavy (non-hydrogen) atoms. The Hall–Kier alpha value is -0.0500. The Morgan fingerprint density at radius 2 is 2.07 bits per heavy atom. The van der Waals surface area contributed by atoms with E-state index >= 15 is 0 Å². The molecule has 3 heteroatoms. The molecule has 0 spiro atoms. The van der Waals surface area contributed by atoms with Gasteiger partial charge in [0.1, 0.15) is 0 Å². The maximum Gasteiger partial charge on any atom is 0.222 e. The molecule has 0 aromatic carbocycles. The molecule has 2 nitrogen and oxygen atoms in total. The molecule has 1 amide bonds. The predicted octanol–water partition coefficient (Wildman–Crippen LogP) is 3.10. The van der Waals surface area contributed by atoms with E-state index in [2.05, 4.69) is 28.2 Å². The van der Waals surface area contributed by atoms with Crippen LogP contribution in [0, 0.1) is 5.92 Å². The van der Waals surface area contributed by atoms with Crippen molar-refractivity contribution >= 4 is 21.8 Å². The average molecular weight is 264 g/mol. The number of hydrogen-bond donors (Lipinski definition) is 1. The molecule has 0 aromatic rings. The van der Waals surface area contributed by atoms with Gasteiger partial charge in [-0.1, -0.05) is 42.6 Å². The fourth-order valence-electron chi connectivity index (χ4n) is 1.35. The Kier molecular flexibility index (Phi) is 9.47. The number of unbranched alkanes of at least 4 members (excludes halogenated alkanes) is 2. The molecule has 84 valence electrons. The van der Waals surface area contributed by atoms with Crippen LogP contribution in [0.3, 0.4) is 0 Å². The highest BCUT2D eigenvalue weighted by Gasteiger charge is 2.09. The van der Waals surface area contributed by atoms with Crippen molar-refractivity contribution in [1.29, 1.82) is 0 Å². The first-order chi connectivity index (χ1) is 6.72. The summed E-state index contributed by atoms with van der Waals surface area (Å²) in [6.07, 6.45) is 5.55. The van der Waals surface area contributed by atoms with Gasteiger partial charge in [0, 0.05) is 17.8 Å². The third kappa shape index (κ3) is 7.36. The first kappa shape index (κ1) is 13.9. The zero-order chi connectivity index (χ0) is 10.8. The molecule has 0 fully saturated rings. The highest BCUT2D eigenvalue weighted by molar-refractivity contribution is 9.09. The number of nitrogens with one attached hydrogen (secondary N) is 1. The largest absolute Gasteiger partial charge is 0.356 e. The summed E-state index contributed by atoms with van der Waals surface area (Å²) in [5.41, 5.74) is 0. The number of carbonyl (C=O) groups is 1. The van der Waals surface area contributed by atoms with Gasteiger partial charge in [-0.05, 0) is 19.3 Å². The van der Waals surface area contributed by atoms with Crippen LogP contribution in [-0.4, -0.2) is 17.8 Å². The maximum atomic E-state index is 11.4. The lowest BCUT2D eigenvalue weighted by Gasteiger charge is -2.10. The lowest BCUT2D eigenvalue weighted by Crippen LogP contribution is -2.29. The minimum Gasteiger partial charge on any atom is -0.356 e. The SMILES string of the molecule is CCCC(C)C(=O)NCCCCCBr. The number of hydrogen-bond acceptors (Lipinski definition) is 1. The van der Waals surface area contributed by atoms with Crippen molar-refractivity contribution in [2.24, 2.45) is 5.92 Å². The second-order valence-corrected chi connectivity index (χ2v) is 4.52. The molecule has 0 aliphatic rings. The van der Waals surface area contributed by atoms with Gasteiger partial charge in [0.15, 0.2) is 0 Å². The molecular formula is C11H22BrNO. The van der Waals surface area contributed by atoms with Crippen LogP contribution in [0.25, 0.3) is 0 Å². The number of rotatable bonds is 8. The molecule has 0 saturated heterocycles. The molecular weight excluding hydrogens is 242 g/mol. The van der Waals surface area contributed by atoms with Gasteiger partial charge >= 0.3 is 0 Å². The number of alkyl halides is 1. The minimum atomic E-state index is 0.177. The summed E-state index contributed by atoms with van der Waals surface area (Å²) in [5.74, 6) is 0.391. The third-order valence-electron chi connectivity index (χ3n) is 2.28. The first-order valence-electron chi connectivity index (χ1n) is 5.56. The van der Waals surface area contributed by atoms with Gasteiger partial charge in [-0.25, -0.2) is 0 Å². The van der Waals surface area contributed by atoms with E-state index in [0.29, 0.717) is 0 Å². The number of amides is 1. The summed E-state index contributed by atoms with van der Waals surface area (Å²) in [6.45, 7) is 4.94. The summed E-state index contributed by atoms with van der Waals surface area (Å²) in [4.78, 5) is 11.4. The topological polar surface area (TPSA) is 29.1 Å². The van der Waals surface area contributed by atoms with E-state index in [1.54, 1.807) is 0 Å². The summed E-state index contributed by atoms with van der Waals surface area (Å²) in [7, 11) is 0. The number of halogens is 1. The van der Waals surface area contributed by atoms with E-state index in [0.717, 1.165) is 31.1 Å². The van der Waals surface area contributed by atoms with Crippen LogP contribution in [0.2, 0.25) is 0 Å². The van der Waals surface area contributed by atoms with E-state index in [1.807, 2.05) is 6.92 Å². The molecule has 0 aromatic heterocycles. The molecule has 1 unspecified atom stereocenters. The second-order valence-electron chi connectivity index (χ2n) is 3.73. The first-order valence-corrected chi connectivity index (χ1v) is 6.68. The summed E-state index contributed by atoms with van der Waals surface area (Å²) in [5, 5.41) is 4.03. The lowest BCUT2D eigenvalue weighted by molar-refractivity contribution is -0.124. The Bertz CT molecular complexity index is 150. The Labute approximate surface area is 96.0 Å². The van der Waals surface area contributed by atoms with Crippen LogP contribution in [0.4, 0.5) is 0 Å². The molecule has 0 bridgehead atoms. The van der Waals surface area contributed by atoms with Crippen LogP contribution in [0.15, 0.2) is 0 Å². The van der Waals surface area contributed by atoms with Crippen molar-refractivity contribution in [3.05, 3.63) is 0 Å². The van der Waals surface area contributed by atoms with Crippen LogP contribution in [-0.2, 0) is 4.79 Å². The normalized spacial score (nSPS) is 12.5. The predicted molar refractivity (Wildman–Crippen MR) is 64.7 cm³/mol. The van der Waals surface area contributed by atoms with Crippen LogP contribution >= 0.6 is 15.9 Å². The van der Waals surface area contributed by atoms with Gasteiger partial charge in [0.05, 0.1) is 0 Å². The maximum absolute atomic E-state index is 11.4. The molecule has 0 aliphatic heterocycles.